The summed E-state index contributed by atoms with van der Waals surface area (Å²) in [6.07, 6.45) is 0. The van der Waals surface area contributed by atoms with Crippen LogP contribution in [0.2, 0.25) is 0 Å². The monoisotopic (exact) mass is 300 g/mol. The number of aryl methyl sites for hydroxylation is 1. The molecule has 1 aromatic carbocycles. The molecule has 0 aliphatic carbocycles. The average molecular weight is 300 g/mol. The molecule has 20 heavy (non-hydrogen) atoms. The molecule has 6 nitrogen and oxygen atoms in total. The lowest BCUT2D eigenvalue weighted by atomic mass is 10.3. The summed E-state index contributed by atoms with van der Waals surface area (Å²) in [5.41, 5.74) is 0. The largest absolute Gasteiger partial charge is 0.491 e. The molecule has 0 bridgehead atoms. The van der Waals surface area contributed by atoms with Crippen molar-refractivity contribution < 1.29 is 22.1 Å². The molecule has 0 saturated carbocycles. The Morgan fingerprint density at radius 2 is 2.15 bits per heavy atom. The first-order chi connectivity index (χ1) is 9.42. The van der Waals surface area contributed by atoms with Crippen molar-refractivity contribution >= 4 is 15.8 Å². The second kappa shape index (κ2) is 5.49. The highest BCUT2D eigenvalue weighted by Crippen LogP contribution is 2.22. The minimum absolute atomic E-state index is 0.00345. The van der Waals surface area contributed by atoms with Gasteiger partial charge >= 0.3 is 0 Å². The van der Waals surface area contributed by atoms with Gasteiger partial charge in [-0.1, -0.05) is 5.16 Å². The molecule has 0 saturated heterocycles. The van der Waals surface area contributed by atoms with Crippen LogP contribution in [0.3, 0.4) is 0 Å². The molecule has 0 unspecified atom stereocenters. The Bertz CT molecular complexity index is 712. The van der Waals surface area contributed by atoms with Gasteiger partial charge in [-0.25, -0.2) is 12.8 Å². The van der Waals surface area contributed by atoms with Crippen LogP contribution in [0.15, 0.2) is 33.7 Å². The predicted octanol–water partition coefficient (Wildman–Crippen LogP) is 2.32. The van der Waals surface area contributed by atoms with Crippen molar-refractivity contribution in [3.8, 4) is 5.75 Å². The van der Waals surface area contributed by atoms with Crippen molar-refractivity contribution in [2.75, 3.05) is 11.3 Å². The summed E-state index contributed by atoms with van der Waals surface area (Å²) in [4.78, 5) is -0.223. The van der Waals surface area contributed by atoms with Crippen LogP contribution in [-0.4, -0.2) is 20.2 Å². The summed E-state index contributed by atoms with van der Waals surface area (Å²) in [5.74, 6) is -0.243. The first-order valence-corrected chi connectivity index (χ1v) is 7.29. The van der Waals surface area contributed by atoms with Gasteiger partial charge in [0, 0.05) is 6.07 Å². The molecule has 0 atom stereocenters. The fourth-order valence-electron chi connectivity index (χ4n) is 1.53. The van der Waals surface area contributed by atoms with Crippen LogP contribution < -0.4 is 9.46 Å². The minimum Gasteiger partial charge on any atom is -0.491 e. The number of hydrogen-bond donors (Lipinski definition) is 1. The molecule has 2 aromatic rings. The van der Waals surface area contributed by atoms with E-state index in [2.05, 4.69) is 9.88 Å². The van der Waals surface area contributed by atoms with Crippen LogP contribution in [-0.2, 0) is 10.0 Å². The van der Waals surface area contributed by atoms with Crippen LogP contribution in [0, 0.1) is 12.7 Å². The van der Waals surface area contributed by atoms with Gasteiger partial charge in [-0.2, -0.15) is 0 Å². The molecule has 0 spiro atoms. The second-order valence-electron chi connectivity index (χ2n) is 3.95. The van der Waals surface area contributed by atoms with E-state index in [0.717, 1.165) is 6.07 Å². The maximum atomic E-state index is 13.7. The molecule has 0 aliphatic heterocycles. The number of hydrogen-bond acceptors (Lipinski definition) is 5. The van der Waals surface area contributed by atoms with E-state index in [1.54, 1.807) is 13.8 Å². The van der Waals surface area contributed by atoms with E-state index >= 15 is 0 Å². The minimum atomic E-state index is -3.92. The van der Waals surface area contributed by atoms with Gasteiger partial charge < -0.3 is 9.26 Å². The molecule has 1 aromatic heterocycles. The van der Waals surface area contributed by atoms with Crippen molar-refractivity contribution in [3.63, 3.8) is 0 Å². The third kappa shape index (κ3) is 3.08. The first kappa shape index (κ1) is 14.3. The Balaban J connectivity index is 2.27. The number of benzene rings is 1. The highest BCUT2D eigenvalue weighted by molar-refractivity contribution is 7.92. The SMILES string of the molecule is CCOc1ccc(S(=O)(=O)Nc2cc(C)on2)cc1F. The van der Waals surface area contributed by atoms with Crippen LogP contribution in [0.4, 0.5) is 10.2 Å². The smallest absolute Gasteiger partial charge is 0.263 e. The third-order valence-electron chi connectivity index (χ3n) is 2.38. The molecular weight excluding hydrogens is 287 g/mol. The Hall–Kier alpha value is -2.09. The van der Waals surface area contributed by atoms with Gasteiger partial charge in [0.15, 0.2) is 17.4 Å². The number of nitrogens with one attached hydrogen (secondary N) is 1. The Morgan fingerprint density at radius 3 is 2.70 bits per heavy atom. The topological polar surface area (TPSA) is 81.4 Å². The van der Waals surface area contributed by atoms with E-state index in [1.165, 1.54) is 18.2 Å². The van der Waals surface area contributed by atoms with Crippen LogP contribution in [0.5, 0.6) is 5.75 Å². The van der Waals surface area contributed by atoms with Crippen molar-refractivity contribution in [1.29, 1.82) is 0 Å². The molecule has 0 radical (unpaired) electrons. The number of anilines is 1. The third-order valence-corrected chi connectivity index (χ3v) is 3.73. The van der Waals surface area contributed by atoms with E-state index in [0.29, 0.717) is 12.4 Å². The van der Waals surface area contributed by atoms with E-state index in [-0.39, 0.29) is 16.5 Å². The Morgan fingerprint density at radius 1 is 1.40 bits per heavy atom. The zero-order valence-electron chi connectivity index (χ0n) is 10.9. The van der Waals surface area contributed by atoms with Crippen LogP contribution >= 0.6 is 0 Å². The van der Waals surface area contributed by atoms with Crippen molar-refractivity contribution in [3.05, 3.63) is 35.8 Å². The number of rotatable bonds is 5. The number of sulfonamides is 1. The number of halogens is 1. The van der Waals surface area contributed by atoms with E-state index in [9.17, 15) is 12.8 Å². The molecule has 8 heteroatoms. The summed E-state index contributed by atoms with van der Waals surface area (Å²) in [7, 11) is -3.92. The quantitative estimate of drug-likeness (QED) is 0.916. The van der Waals surface area contributed by atoms with Gasteiger partial charge in [0.25, 0.3) is 10.0 Å². The van der Waals surface area contributed by atoms with Crippen molar-refractivity contribution in [1.82, 2.24) is 5.16 Å². The number of ether oxygens (including phenoxy) is 1. The first-order valence-electron chi connectivity index (χ1n) is 5.81. The van der Waals surface area contributed by atoms with Gasteiger partial charge in [0.2, 0.25) is 0 Å². The van der Waals surface area contributed by atoms with E-state index in [4.69, 9.17) is 9.26 Å². The molecular formula is C12H13FN2O4S. The van der Waals surface area contributed by atoms with Crippen molar-refractivity contribution in [2.45, 2.75) is 18.7 Å². The van der Waals surface area contributed by atoms with Gasteiger partial charge in [-0.05, 0) is 32.0 Å². The van der Waals surface area contributed by atoms with Crippen LogP contribution in [0.25, 0.3) is 0 Å². The molecule has 1 heterocycles. The summed E-state index contributed by atoms with van der Waals surface area (Å²) in [5, 5.41) is 3.51. The molecule has 108 valence electrons. The normalized spacial score (nSPS) is 11.3. The lowest BCUT2D eigenvalue weighted by Gasteiger charge is -2.08. The Kier molecular flexibility index (Phi) is 3.93. The Labute approximate surface area is 115 Å². The highest BCUT2D eigenvalue weighted by Gasteiger charge is 2.18. The average Bonchev–Trinajstić information content (AvgIpc) is 2.76. The van der Waals surface area contributed by atoms with Crippen molar-refractivity contribution in [2.24, 2.45) is 0 Å². The molecule has 1 N–H and O–H groups in total. The lowest BCUT2D eigenvalue weighted by Crippen LogP contribution is -2.13. The maximum Gasteiger partial charge on any atom is 0.263 e. The maximum absolute atomic E-state index is 13.7. The molecule has 0 aliphatic rings. The summed E-state index contributed by atoms with van der Waals surface area (Å²) in [6.45, 7) is 3.62. The number of aromatic nitrogens is 1. The summed E-state index contributed by atoms with van der Waals surface area (Å²) >= 11 is 0. The zero-order chi connectivity index (χ0) is 14.8. The van der Waals surface area contributed by atoms with Gasteiger partial charge in [0.1, 0.15) is 5.76 Å². The van der Waals surface area contributed by atoms with Gasteiger partial charge in [-0.3, -0.25) is 4.72 Å². The van der Waals surface area contributed by atoms with Gasteiger partial charge in [-0.15, -0.1) is 0 Å². The lowest BCUT2D eigenvalue weighted by molar-refractivity contribution is 0.321. The molecule has 0 amide bonds. The van der Waals surface area contributed by atoms with E-state index < -0.39 is 15.8 Å². The number of nitrogens with zero attached hydrogens (tertiary/aromatic N) is 1. The molecule has 2 rings (SSSR count). The van der Waals surface area contributed by atoms with Crippen LogP contribution in [0.1, 0.15) is 12.7 Å². The van der Waals surface area contributed by atoms with Gasteiger partial charge in [0.05, 0.1) is 11.5 Å². The summed E-state index contributed by atoms with van der Waals surface area (Å²) < 4.78 is 49.7. The standard InChI is InChI=1S/C12H13FN2O4S/c1-3-18-11-5-4-9(7-10(11)13)20(16,17)15-12-6-8(2)19-14-12/h4-7H,3H2,1-2H3,(H,14,15). The highest BCUT2D eigenvalue weighted by atomic mass is 32.2. The predicted molar refractivity (Wildman–Crippen MR) is 69.6 cm³/mol. The second-order valence-corrected chi connectivity index (χ2v) is 5.64. The van der Waals surface area contributed by atoms with E-state index in [1.807, 2.05) is 0 Å². The summed E-state index contributed by atoms with van der Waals surface area (Å²) in [6, 6.07) is 4.83. The zero-order valence-corrected chi connectivity index (χ0v) is 11.7. The fraction of sp³-hybridized carbons (Fsp3) is 0.250. The molecule has 0 fully saturated rings. The fourth-order valence-corrected chi connectivity index (χ4v) is 2.53.